The molecule has 58 heavy (non-hydrogen) atoms. The number of carbonyl (C=O) groups excluding carboxylic acids is 4. The Morgan fingerprint density at radius 1 is 1.00 bits per heavy atom. The molecule has 13 nitrogen and oxygen atoms in total. The monoisotopic (exact) mass is 917 g/mol. The summed E-state index contributed by atoms with van der Waals surface area (Å²) in [4.78, 5) is 61.4. The van der Waals surface area contributed by atoms with Gasteiger partial charge in [-0.1, -0.05) is 69.9 Å². The number of carbonyl (C=O) groups is 4. The van der Waals surface area contributed by atoms with Crippen molar-refractivity contribution < 1.29 is 48.1 Å². The van der Waals surface area contributed by atoms with Gasteiger partial charge < -0.3 is 34.7 Å². The van der Waals surface area contributed by atoms with E-state index in [9.17, 15) is 24.3 Å². The van der Waals surface area contributed by atoms with Gasteiger partial charge in [-0.2, -0.15) is 5.06 Å². The van der Waals surface area contributed by atoms with Crippen LogP contribution in [0.1, 0.15) is 127 Å². The van der Waals surface area contributed by atoms with Crippen molar-refractivity contribution in [2.45, 2.75) is 166 Å². The third-order valence-electron chi connectivity index (χ3n) is 11.6. The van der Waals surface area contributed by atoms with E-state index in [-0.39, 0.29) is 44.9 Å². The molecule has 1 saturated carbocycles. The van der Waals surface area contributed by atoms with Gasteiger partial charge >= 0.3 is 11.9 Å². The SMILES string of the molecule is CCCCCC1(CCCCC)O[C@@H]2[C@H]3ON(Cc4ccccc4I)[C@H]4C(=O)OC(CC34C(=O)NCc3cccc(C(=O)N[C@H](CO)CCC(=O)OC(C)(C)C)c3)[C@@H]2O1. The first-order valence-corrected chi connectivity index (χ1v) is 22.0. The maximum atomic E-state index is 14.9. The minimum Gasteiger partial charge on any atom is -0.460 e. The number of rotatable bonds is 19. The number of unbranched alkanes of at least 4 members (excludes halogenated alkanes) is 4. The van der Waals surface area contributed by atoms with Crippen molar-refractivity contribution in [2.24, 2.45) is 5.41 Å². The third kappa shape index (κ3) is 9.89. The van der Waals surface area contributed by atoms with E-state index in [4.69, 9.17) is 23.8 Å². The van der Waals surface area contributed by atoms with Crippen molar-refractivity contribution in [1.82, 2.24) is 15.7 Å². The number of fused-ring (bicyclic) bond motifs is 4. The lowest BCUT2D eigenvalue weighted by Crippen LogP contribution is -2.69. The van der Waals surface area contributed by atoms with Crippen LogP contribution >= 0.6 is 22.6 Å². The largest absolute Gasteiger partial charge is 0.460 e. The maximum Gasteiger partial charge on any atom is 0.327 e. The minimum atomic E-state index is -1.34. The molecular weight excluding hydrogens is 857 g/mol. The van der Waals surface area contributed by atoms with Crippen LogP contribution in [0.15, 0.2) is 48.5 Å². The third-order valence-corrected chi connectivity index (χ3v) is 12.6. The number of aliphatic hydroxyl groups excluding tert-OH is 1. The molecule has 2 bridgehead atoms. The summed E-state index contributed by atoms with van der Waals surface area (Å²) in [7, 11) is 0. The Hall–Kier alpha value is -3.15. The van der Waals surface area contributed by atoms with Crippen LogP contribution < -0.4 is 10.6 Å². The summed E-state index contributed by atoms with van der Waals surface area (Å²) in [6, 6.07) is 13.0. The lowest BCUT2D eigenvalue weighted by atomic mass is 9.62. The molecule has 3 aliphatic heterocycles. The molecule has 2 amide bonds. The highest BCUT2D eigenvalue weighted by atomic mass is 127. The van der Waals surface area contributed by atoms with Crippen LogP contribution in [-0.2, 0) is 51.3 Å². The van der Waals surface area contributed by atoms with Crippen LogP contribution in [0.4, 0.5) is 0 Å². The van der Waals surface area contributed by atoms with Crippen LogP contribution in [0.5, 0.6) is 0 Å². The number of aliphatic hydroxyl groups is 1. The fourth-order valence-corrected chi connectivity index (χ4v) is 9.38. The first kappa shape index (κ1) is 44.4. The van der Waals surface area contributed by atoms with Crippen molar-refractivity contribution in [3.63, 3.8) is 0 Å². The van der Waals surface area contributed by atoms with Gasteiger partial charge in [0.1, 0.15) is 35.4 Å². The van der Waals surface area contributed by atoms with Crippen LogP contribution in [-0.4, -0.2) is 88.4 Å². The van der Waals surface area contributed by atoms with Gasteiger partial charge in [0.2, 0.25) is 5.91 Å². The molecule has 2 aromatic rings. The number of esters is 2. The fraction of sp³-hybridized carbons (Fsp3) is 0.636. The Balaban J connectivity index is 1.22. The summed E-state index contributed by atoms with van der Waals surface area (Å²) in [5.41, 5.74) is -0.0422. The highest BCUT2D eigenvalue weighted by Crippen LogP contribution is 2.58. The number of nitrogens with one attached hydrogen (secondary N) is 2. The fourth-order valence-electron chi connectivity index (χ4n) is 8.82. The van der Waals surface area contributed by atoms with Crippen LogP contribution in [0.2, 0.25) is 0 Å². The number of nitrogens with zero attached hydrogens (tertiary/aromatic N) is 1. The molecule has 3 heterocycles. The second-order valence-corrected chi connectivity index (χ2v) is 18.3. The highest BCUT2D eigenvalue weighted by molar-refractivity contribution is 14.1. The summed E-state index contributed by atoms with van der Waals surface area (Å²) in [6.07, 6.45) is 5.13. The normalized spacial score (nSPS) is 26.4. The van der Waals surface area contributed by atoms with E-state index in [1.165, 1.54) is 0 Å². The Morgan fingerprint density at radius 2 is 1.71 bits per heavy atom. The molecule has 1 aliphatic carbocycles. The Morgan fingerprint density at radius 3 is 2.38 bits per heavy atom. The van der Waals surface area contributed by atoms with Gasteiger partial charge in [0, 0.05) is 41.4 Å². The zero-order valence-electron chi connectivity index (χ0n) is 34.4. The number of benzene rings is 2. The van der Waals surface area contributed by atoms with Crippen LogP contribution in [0.3, 0.4) is 0 Å². The number of amides is 2. The zero-order valence-corrected chi connectivity index (χ0v) is 36.6. The molecule has 4 fully saturated rings. The van der Waals surface area contributed by atoms with Crippen molar-refractivity contribution in [2.75, 3.05) is 6.61 Å². The standard InChI is InChI=1S/C44H60IN3O10/c1-6-8-12-21-43(22-13-9-7-2)56-35-33-24-44(37(40(52)54-33)48(58-38(44)36(35)57-43)26-30-16-10-11-18-32(30)45)41(53)46-25-28-15-14-17-29(23-28)39(51)47-31(27-49)19-20-34(50)55-42(3,4)5/h10-11,14-18,23,31,33,35-38,49H,6-9,12-13,19-22,24-27H2,1-5H3,(H,46,53)(H,47,51)/t31-,33?,35-,36-,37-,38+,44?/m0/s1. The second-order valence-electron chi connectivity index (χ2n) is 17.2. The topological polar surface area (TPSA) is 162 Å². The Bertz CT molecular complexity index is 1780. The Kier molecular flexibility index (Phi) is 14.6. The zero-order chi connectivity index (χ0) is 41.7. The molecule has 0 aromatic heterocycles. The summed E-state index contributed by atoms with van der Waals surface area (Å²) >= 11 is 2.26. The molecule has 2 unspecified atom stereocenters. The summed E-state index contributed by atoms with van der Waals surface area (Å²) in [6.45, 7) is 9.64. The van der Waals surface area contributed by atoms with E-state index in [1.54, 1.807) is 50.1 Å². The number of hydrogen-bond donors (Lipinski definition) is 3. The molecule has 3 N–H and O–H groups in total. The van der Waals surface area contributed by atoms with Crippen molar-refractivity contribution in [1.29, 1.82) is 0 Å². The first-order chi connectivity index (χ1) is 27.7. The lowest BCUT2D eigenvalue weighted by Gasteiger charge is -2.48. The van der Waals surface area contributed by atoms with Crippen molar-refractivity contribution >= 4 is 46.3 Å². The number of hydroxylamine groups is 2. The second kappa shape index (κ2) is 19.1. The predicted octanol–water partition coefficient (Wildman–Crippen LogP) is 6.26. The first-order valence-electron chi connectivity index (χ1n) is 21.0. The molecule has 2 aromatic carbocycles. The number of ether oxygens (including phenoxy) is 4. The molecule has 4 aliphatic rings. The van der Waals surface area contributed by atoms with E-state index in [1.807, 2.05) is 24.3 Å². The maximum absolute atomic E-state index is 14.9. The molecule has 3 saturated heterocycles. The van der Waals surface area contributed by atoms with E-state index in [0.717, 1.165) is 47.7 Å². The van der Waals surface area contributed by atoms with Gasteiger partial charge in [-0.25, -0.2) is 0 Å². The molecule has 7 atom stereocenters. The quantitative estimate of drug-likeness (QED) is 0.0829. The van der Waals surface area contributed by atoms with E-state index >= 15 is 0 Å². The molecular formula is C44H60IN3O10. The summed E-state index contributed by atoms with van der Waals surface area (Å²) in [5, 5.41) is 17.5. The molecule has 318 valence electrons. The van der Waals surface area contributed by atoms with Crippen LogP contribution in [0.25, 0.3) is 0 Å². The van der Waals surface area contributed by atoms with Gasteiger partial charge in [-0.3, -0.25) is 24.0 Å². The summed E-state index contributed by atoms with van der Waals surface area (Å²) < 4.78 is 26.4. The molecule has 0 radical (unpaired) electrons. The van der Waals surface area contributed by atoms with Crippen LogP contribution in [0, 0.1) is 8.99 Å². The molecule has 14 heteroatoms. The lowest BCUT2D eigenvalue weighted by molar-refractivity contribution is -0.224. The van der Waals surface area contributed by atoms with Crippen molar-refractivity contribution in [3.8, 4) is 0 Å². The number of halogens is 1. The smallest absolute Gasteiger partial charge is 0.327 e. The van der Waals surface area contributed by atoms with E-state index < -0.39 is 71.1 Å². The summed E-state index contributed by atoms with van der Waals surface area (Å²) in [5.74, 6) is -2.59. The van der Waals surface area contributed by atoms with Gasteiger partial charge in [0.05, 0.1) is 19.2 Å². The van der Waals surface area contributed by atoms with Gasteiger partial charge in [-0.15, -0.1) is 0 Å². The number of hydrogen-bond acceptors (Lipinski definition) is 11. The highest BCUT2D eigenvalue weighted by Gasteiger charge is 2.76. The van der Waals surface area contributed by atoms with Gasteiger partial charge in [-0.05, 0) is 92.0 Å². The molecule has 6 rings (SSSR count). The van der Waals surface area contributed by atoms with Gasteiger partial charge in [0.15, 0.2) is 11.8 Å². The van der Waals surface area contributed by atoms with Gasteiger partial charge in [0.25, 0.3) is 5.91 Å². The molecule has 0 spiro atoms. The average Bonchev–Trinajstić information content (AvgIpc) is 3.74. The van der Waals surface area contributed by atoms with E-state index in [0.29, 0.717) is 24.0 Å². The average molecular weight is 918 g/mol. The van der Waals surface area contributed by atoms with E-state index in [2.05, 4.69) is 47.1 Å². The minimum absolute atomic E-state index is 0.0379. The predicted molar refractivity (Wildman–Crippen MR) is 223 cm³/mol. The van der Waals surface area contributed by atoms with Crippen molar-refractivity contribution in [3.05, 3.63) is 68.8 Å². The Labute approximate surface area is 355 Å².